The molecule has 3 heterocycles. The molecule has 1 aliphatic heterocycles. The molecule has 0 bridgehead atoms. The summed E-state index contributed by atoms with van der Waals surface area (Å²) in [5.41, 5.74) is 3.25. The number of aryl methyl sites for hydroxylation is 1. The number of nitrogens with one attached hydrogen (secondary N) is 3. The van der Waals surface area contributed by atoms with Crippen molar-refractivity contribution in [2.24, 2.45) is 0 Å². The molecule has 3 rings (SSSR count). The second-order valence-corrected chi connectivity index (χ2v) is 8.11. The van der Waals surface area contributed by atoms with Crippen LogP contribution in [0.5, 0.6) is 6.01 Å². The number of halogens is 2. The summed E-state index contributed by atoms with van der Waals surface area (Å²) in [5, 5.41) is 3.55. The average Bonchev–Trinajstić information content (AvgIpc) is 3.07. The molecule has 2 aromatic heterocycles. The largest absolute Gasteiger partial charge is 0.461 e. The fourth-order valence-electron chi connectivity index (χ4n) is 3.36. The Morgan fingerprint density at radius 3 is 2.48 bits per heavy atom. The van der Waals surface area contributed by atoms with Crippen molar-refractivity contribution in [3.63, 3.8) is 0 Å². The van der Waals surface area contributed by atoms with Crippen LogP contribution in [-0.4, -0.2) is 73.3 Å². The maximum absolute atomic E-state index is 12.6. The molecule has 11 nitrogen and oxygen atoms in total. The van der Waals surface area contributed by atoms with Gasteiger partial charge in [-0.25, -0.2) is 5.48 Å². The van der Waals surface area contributed by atoms with Gasteiger partial charge in [0.05, 0.1) is 23.8 Å². The van der Waals surface area contributed by atoms with Gasteiger partial charge in [0.2, 0.25) is 0 Å². The monoisotopic (exact) mass is 500 g/mol. The number of hydrogen-bond acceptors (Lipinski definition) is 8. The van der Waals surface area contributed by atoms with Gasteiger partial charge < -0.3 is 24.7 Å². The van der Waals surface area contributed by atoms with Crippen LogP contribution in [0.4, 0.5) is 5.82 Å². The summed E-state index contributed by atoms with van der Waals surface area (Å²) in [4.78, 5) is 43.0. The number of rotatable bonds is 9. The van der Waals surface area contributed by atoms with Gasteiger partial charge in [-0.1, -0.05) is 23.2 Å². The Hall–Kier alpha value is -2.60. The van der Waals surface area contributed by atoms with E-state index in [0.717, 1.165) is 0 Å². The Bertz CT molecular complexity index is 994. The molecule has 0 radical (unpaired) electrons. The number of methoxy groups -OCH3 is 1. The standard InChI is InChI=1S/C20H26Cl2N6O5/c1-11-15(21)16(22)17(23-11)19(30)24-12-4-6-28(7-5-12)14-10-13(18(29)27-32-3)25-20(26-14)33-9-8-31-2/h10,12,23H,4-9H2,1-3H3,(H,24,30)(H,27,29). The summed E-state index contributed by atoms with van der Waals surface area (Å²) < 4.78 is 10.5. The van der Waals surface area contributed by atoms with Gasteiger partial charge in [0.25, 0.3) is 11.8 Å². The number of hydroxylamine groups is 1. The van der Waals surface area contributed by atoms with E-state index >= 15 is 0 Å². The van der Waals surface area contributed by atoms with E-state index in [2.05, 4.69) is 25.7 Å². The lowest BCUT2D eigenvalue weighted by Gasteiger charge is -2.33. The van der Waals surface area contributed by atoms with Crippen molar-refractivity contribution in [3.05, 3.63) is 33.2 Å². The van der Waals surface area contributed by atoms with Crippen LogP contribution < -0.4 is 20.4 Å². The maximum Gasteiger partial charge on any atom is 0.319 e. The van der Waals surface area contributed by atoms with E-state index in [1.54, 1.807) is 20.1 Å². The maximum atomic E-state index is 12.6. The Labute approximate surface area is 201 Å². The number of carbonyl (C=O) groups excluding carboxylic acids is 2. The van der Waals surface area contributed by atoms with Crippen LogP contribution in [0.25, 0.3) is 0 Å². The van der Waals surface area contributed by atoms with Crippen LogP contribution in [0.3, 0.4) is 0 Å². The second-order valence-electron chi connectivity index (χ2n) is 7.36. The average molecular weight is 501 g/mol. The number of nitrogens with zero attached hydrogens (tertiary/aromatic N) is 3. The highest BCUT2D eigenvalue weighted by atomic mass is 35.5. The van der Waals surface area contributed by atoms with Crippen LogP contribution >= 0.6 is 23.2 Å². The van der Waals surface area contributed by atoms with Gasteiger partial charge in [-0.3, -0.25) is 14.4 Å². The topological polar surface area (TPSA) is 131 Å². The lowest BCUT2D eigenvalue weighted by atomic mass is 10.0. The predicted octanol–water partition coefficient (Wildman–Crippen LogP) is 2.14. The third kappa shape index (κ3) is 6.26. The quantitative estimate of drug-likeness (QED) is 0.352. The molecule has 0 saturated carbocycles. The smallest absolute Gasteiger partial charge is 0.319 e. The molecule has 1 fully saturated rings. The first-order chi connectivity index (χ1) is 15.8. The van der Waals surface area contributed by atoms with Crippen LogP contribution in [0.2, 0.25) is 10.0 Å². The van der Waals surface area contributed by atoms with Crippen molar-refractivity contribution in [1.82, 2.24) is 25.7 Å². The van der Waals surface area contributed by atoms with Gasteiger partial charge in [-0.15, -0.1) is 0 Å². The molecule has 0 atom stereocenters. The van der Waals surface area contributed by atoms with Crippen LogP contribution in [-0.2, 0) is 9.57 Å². The van der Waals surface area contributed by atoms with E-state index in [9.17, 15) is 9.59 Å². The van der Waals surface area contributed by atoms with Gasteiger partial charge in [-0.2, -0.15) is 9.97 Å². The van der Waals surface area contributed by atoms with E-state index < -0.39 is 5.91 Å². The molecule has 2 amide bonds. The molecular weight excluding hydrogens is 475 g/mol. The minimum Gasteiger partial charge on any atom is -0.461 e. The Morgan fingerprint density at radius 2 is 1.88 bits per heavy atom. The summed E-state index contributed by atoms with van der Waals surface area (Å²) in [6, 6.07) is 1.58. The number of H-pyrrole nitrogens is 1. The number of anilines is 1. The molecule has 0 aliphatic carbocycles. The molecule has 180 valence electrons. The molecule has 3 N–H and O–H groups in total. The van der Waals surface area contributed by atoms with Crippen molar-refractivity contribution >= 4 is 40.8 Å². The van der Waals surface area contributed by atoms with Crippen molar-refractivity contribution in [2.75, 3.05) is 45.4 Å². The second kappa shape index (κ2) is 11.5. The van der Waals surface area contributed by atoms with Crippen molar-refractivity contribution in [3.8, 4) is 6.01 Å². The minimum atomic E-state index is -0.517. The van der Waals surface area contributed by atoms with Gasteiger partial charge >= 0.3 is 6.01 Å². The van der Waals surface area contributed by atoms with Crippen LogP contribution in [0, 0.1) is 6.92 Å². The molecule has 0 aromatic carbocycles. The summed E-state index contributed by atoms with van der Waals surface area (Å²) >= 11 is 12.2. The van der Waals surface area contributed by atoms with E-state index in [-0.39, 0.29) is 41.0 Å². The molecule has 13 heteroatoms. The fraction of sp³-hybridized carbons (Fsp3) is 0.500. The number of carbonyl (C=O) groups is 2. The van der Waals surface area contributed by atoms with Crippen molar-refractivity contribution < 1.29 is 23.9 Å². The van der Waals surface area contributed by atoms with E-state index in [1.165, 1.54) is 7.11 Å². The van der Waals surface area contributed by atoms with Gasteiger partial charge in [0.1, 0.15) is 23.8 Å². The highest BCUT2D eigenvalue weighted by molar-refractivity contribution is 6.44. The Kier molecular flexibility index (Phi) is 8.73. The third-order valence-corrected chi connectivity index (χ3v) is 6.02. The van der Waals surface area contributed by atoms with Crippen molar-refractivity contribution in [1.29, 1.82) is 0 Å². The first kappa shape index (κ1) is 25.0. The zero-order chi connectivity index (χ0) is 24.0. The molecule has 2 aromatic rings. The molecule has 0 spiro atoms. The molecular formula is C20H26Cl2N6O5. The minimum absolute atomic E-state index is 0.0530. The van der Waals surface area contributed by atoms with Crippen LogP contribution in [0.1, 0.15) is 39.5 Å². The van der Waals surface area contributed by atoms with Gasteiger partial charge in [0.15, 0.2) is 0 Å². The highest BCUT2D eigenvalue weighted by Gasteiger charge is 2.26. The van der Waals surface area contributed by atoms with Crippen molar-refractivity contribution in [2.45, 2.75) is 25.8 Å². The zero-order valence-electron chi connectivity index (χ0n) is 18.5. The molecule has 33 heavy (non-hydrogen) atoms. The number of aromatic nitrogens is 3. The number of hydrogen-bond donors (Lipinski definition) is 3. The molecule has 1 saturated heterocycles. The highest BCUT2D eigenvalue weighted by Crippen LogP contribution is 2.29. The summed E-state index contributed by atoms with van der Waals surface area (Å²) in [7, 11) is 2.89. The number of piperidine rings is 1. The Balaban J connectivity index is 1.66. The van der Waals surface area contributed by atoms with E-state index in [1.807, 2.05) is 4.90 Å². The fourth-order valence-corrected chi connectivity index (χ4v) is 3.77. The zero-order valence-corrected chi connectivity index (χ0v) is 20.0. The number of ether oxygens (including phenoxy) is 2. The number of aromatic amines is 1. The third-order valence-electron chi connectivity index (χ3n) is 5.07. The first-order valence-corrected chi connectivity index (χ1v) is 11.0. The van der Waals surface area contributed by atoms with E-state index in [0.29, 0.717) is 49.1 Å². The summed E-state index contributed by atoms with van der Waals surface area (Å²) in [6.07, 6.45) is 1.33. The summed E-state index contributed by atoms with van der Waals surface area (Å²) in [5.74, 6) is -0.280. The van der Waals surface area contributed by atoms with Gasteiger partial charge in [-0.05, 0) is 19.8 Å². The summed E-state index contributed by atoms with van der Waals surface area (Å²) in [6.45, 7) is 3.55. The lowest BCUT2D eigenvalue weighted by molar-refractivity contribution is 0.0530. The normalized spacial score (nSPS) is 14.3. The molecule has 0 unspecified atom stereocenters. The number of amides is 2. The Morgan fingerprint density at radius 1 is 1.15 bits per heavy atom. The van der Waals surface area contributed by atoms with Crippen LogP contribution in [0.15, 0.2) is 6.07 Å². The SMILES string of the molecule is COCCOc1nc(C(=O)NOC)cc(N2CCC(NC(=O)c3[nH]c(C)c(Cl)c3Cl)CC2)n1. The molecule has 1 aliphatic rings. The first-order valence-electron chi connectivity index (χ1n) is 10.3. The lowest BCUT2D eigenvalue weighted by Crippen LogP contribution is -2.45. The van der Waals surface area contributed by atoms with Gasteiger partial charge in [0, 0.05) is 38.0 Å². The van der Waals surface area contributed by atoms with E-state index in [4.69, 9.17) is 37.5 Å². The predicted molar refractivity (Wildman–Crippen MR) is 122 cm³/mol.